The van der Waals surface area contributed by atoms with Crippen molar-refractivity contribution in [3.8, 4) is 0 Å². The number of aryl methyl sites for hydroxylation is 1. The second-order valence-electron chi connectivity index (χ2n) is 8.46. The molecule has 0 atom stereocenters. The van der Waals surface area contributed by atoms with Crippen molar-refractivity contribution < 1.29 is 22.4 Å². The Morgan fingerprint density at radius 3 is 1.53 bits per heavy atom. The van der Waals surface area contributed by atoms with Crippen LogP contribution in [-0.4, -0.2) is 32.8 Å². The Morgan fingerprint density at radius 2 is 1.08 bits per heavy atom. The minimum atomic E-state index is -4.17. The Hall–Kier alpha value is -3.29. The first-order valence-electron chi connectivity index (χ1n) is 11.9. The monoisotopic (exact) mass is 502 g/mol. The van der Waals surface area contributed by atoms with Crippen molar-refractivity contribution in [3.63, 3.8) is 0 Å². The van der Waals surface area contributed by atoms with Gasteiger partial charge in [0.25, 0.3) is 10.1 Å². The molecule has 4 aromatic carbocycles. The van der Waals surface area contributed by atoms with Crippen LogP contribution in [0.2, 0.25) is 0 Å². The number of ether oxygens (including phenoxy) is 2. The van der Waals surface area contributed by atoms with E-state index in [1.54, 1.807) is 12.1 Å². The normalized spacial score (nSPS) is 11.9. The fraction of sp³-hybridized carbons (Fsp3) is 0.200. The van der Waals surface area contributed by atoms with Crippen LogP contribution in [0.3, 0.4) is 0 Å². The van der Waals surface area contributed by atoms with E-state index >= 15 is 0 Å². The molecule has 0 heterocycles. The summed E-state index contributed by atoms with van der Waals surface area (Å²) in [5.74, 6) is 0. The van der Waals surface area contributed by atoms with Crippen LogP contribution in [0.1, 0.15) is 28.7 Å². The molecule has 1 N–H and O–H groups in total. The predicted molar refractivity (Wildman–Crippen MR) is 141 cm³/mol. The van der Waals surface area contributed by atoms with E-state index in [1.165, 1.54) is 12.1 Å². The molecule has 0 bridgehead atoms. The van der Waals surface area contributed by atoms with Gasteiger partial charge in [-0.2, -0.15) is 8.42 Å². The average molecular weight is 503 g/mol. The van der Waals surface area contributed by atoms with Crippen molar-refractivity contribution in [1.29, 1.82) is 0 Å². The first-order chi connectivity index (χ1) is 17.5. The Labute approximate surface area is 213 Å². The lowest BCUT2D eigenvalue weighted by Gasteiger charge is -2.36. The van der Waals surface area contributed by atoms with Gasteiger partial charge in [-0.1, -0.05) is 103 Å². The van der Waals surface area contributed by atoms with Crippen molar-refractivity contribution in [2.75, 3.05) is 19.8 Å². The SMILES string of the molecule is O=S(=O)(O)c1ccc(CCCOCCOC(c2ccccc2)(c2ccccc2)c2ccccc2)cc1. The predicted octanol–water partition coefficient (Wildman–Crippen LogP) is 5.89. The lowest BCUT2D eigenvalue weighted by molar-refractivity contribution is -0.0239. The van der Waals surface area contributed by atoms with E-state index in [-0.39, 0.29) is 4.90 Å². The largest absolute Gasteiger partial charge is 0.379 e. The molecular formula is C30H30O5S. The molecule has 4 aromatic rings. The second-order valence-corrected chi connectivity index (χ2v) is 9.88. The molecular weight excluding hydrogens is 472 g/mol. The van der Waals surface area contributed by atoms with Crippen LogP contribution in [0, 0.1) is 0 Å². The zero-order valence-corrected chi connectivity index (χ0v) is 20.8. The van der Waals surface area contributed by atoms with Crippen LogP contribution in [-0.2, 0) is 31.6 Å². The molecule has 0 aliphatic carbocycles. The van der Waals surface area contributed by atoms with Gasteiger partial charge < -0.3 is 9.47 Å². The van der Waals surface area contributed by atoms with Gasteiger partial charge in [0, 0.05) is 6.61 Å². The van der Waals surface area contributed by atoms with Gasteiger partial charge in [0.2, 0.25) is 0 Å². The third-order valence-corrected chi connectivity index (χ3v) is 6.93. The first kappa shape index (κ1) is 25.8. The highest BCUT2D eigenvalue weighted by Crippen LogP contribution is 2.40. The fourth-order valence-electron chi connectivity index (χ4n) is 4.33. The zero-order valence-electron chi connectivity index (χ0n) is 20.0. The van der Waals surface area contributed by atoms with Gasteiger partial charge in [-0.25, -0.2) is 0 Å². The van der Waals surface area contributed by atoms with E-state index in [0.29, 0.717) is 19.8 Å². The number of hydrogen-bond acceptors (Lipinski definition) is 4. The van der Waals surface area contributed by atoms with E-state index in [1.807, 2.05) is 54.6 Å². The molecule has 0 spiro atoms. The van der Waals surface area contributed by atoms with Gasteiger partial charge >= 0.3 is 0 Å². The topological polar surface area (TPSA) is 72.8 Å². The summed E-state index contributed by atoms with van der Waals surface area (Å²) in [6.45, 7) is 1.40. The Morgan fingerprint density at radius 1 is 0.611 bits per heavy atom. The standard InChI is InChI=1S/C30H30O5S/c31-36(32,33)29-20-18-25(19-21-29)11-10-22-34-23-24-35-30(26-12-4-1-5-13-26,27-14-6-2-7-15-27)28-16-8-3-9-17-28/h1-9,12-21H,10-11,22-24H2,(H,31,32,33). The van der Waals surface area contributed by atoms with Gasteiger partial charge in [0.15, 0.2) is 0 Å². The second kappa shape index (κ2) is 12.1. The summed E-state index contributed by atoms with van der Waals surface area (Å²) in [6, 6.07) is 37.0. The van der Waals surface area contributed by atoms with Crippen LogP contribution in [0.5, 0.6) is 0 Å². The van der Waals surface area contributed by atoms with Crippen molar-refractivity contribution in [1.82, 2.24) is 0 Å². The molecule has 0 saturated carbocycles. The van der Waals surface area contributed by atoms with Crippen LogP contribution in [0.4, 0.5) is 0 Å². The summed E-state index contributed by atoms with van der Waals surface area (Å²) in [5, 5.41) is 0. The summed E-state index contributed by atoms with van der Waals surface area (Å²) in [7, 11) is -4.17. The first-order valence-corrected chi connectivity index (χ1v) is 13.4. The number of rotatable bonds is 12. The molecule has 0 radical (unpaired) electrons. The summed E-state index contributed by atoms with van der Waals surface area (Å²) in [4.78, 5) is -0.0987. The van der Waals surface area contributed by atoms with Crippen LogP contribution in [0.25, 0.3) is 0 Å². The number of hydrogen-bond donors (Lipinski definition) is 1. The quantitative estimate of drug-likeness (QED) is 0.149. The molecule has 36 heavy (non-hydrogen) atoms. The molecule has 5 nitrogen and oxygen atoms in total. The van der Waals surface area contributed by atoms with Crippen LogP contribution >= 0.6 is 0 Å². The Balaban J connectivity index is 1.40. The molecule has 186 valence electrons. The maximum Gasteiger partial charge on any atom is 0.294 e. The molecule has 0 unspecified atom stereocenters. The molecule has 0 saturated heterocycles. The minimum Gasteiger partial charge on any atom is -0.379 e. The van der Waals surface area contributed by atoms with Gasteiger partial charge in [0.05, 0.1) is 18.1 Å². The lowest BCUT2D eigenvalue weighted by Crippen LogP contribution is -2.34. The van der Waals surface area contributed by atoms with Crippen molar-refractivity contribution in [2.24, 2.45) is 0 Å². The molecule has 0 fully saturated rings. The van der Waals surface area contributed by atoms with E-state index in [2.05, 4.69) is 36.4 Å². The minimum absolute atomic E-state index is 0.0987. The fourth-order valence-corrected chi connectivity index (χ4v) is 4.81. The highest BCUT2D eigenvalue weighted by atomic mass is 32.2. The molecule has 4 rings (SSSR count). The van der Waals surface area contributed by atoms with Gasteiger partial charge in [-0.05, 0) is 47.2 Å². The molecule has 0 aliphatic heterocycles. The van der Waals surface area contributed by atoms with Crippen LogP contribution in [0.15, 0.2) is 120 Å². The maximum absolute atomic E-state index is 11.2. The summed E-state index contributed by atoms with van der Waals surface area (Å²) in [5.41, 5.74) is 3.38. The molecule has 0 amide bonds. The third-order valence-electron chi connectivity index (χ3n) is 6.06. The Bertz CT molecular complexity index is 1210. The summed E-state index contributed by atoms with van der Waals surface area (Å²) < 4.78 is 44.0. The maximum atomic E-state index is 11.2. The van der Waals surface area contributed by atoms with E-state index in [0.717, 1.165) is 35.1 Å². The van der Waals surface area contributed by atoms with Gasteiger partial charge in [-0.15, -0.1) is 0 Å². The van der Waals surface area contributed by atoms with E-state index < -0.39 is 15.7 Å². The van der Waals surface area contributed by atoms with Gasteiger partial charge in [-0.3, -0.25) is 4.55 Å². The molecule has 6 heteroatoms. The van der Waals surface area contributed by atoms with Crippen LogP contribution < -0.4 is 0 Å². The van der Waals surface area contributed by atoms with Crippen molar-refractivity contribution in [3.05, 3.63) is 138 Å². The molecule has 0 aliphatic rings. The lowest BCUT2D eigenvalue weighted by atomic mass is 9.80. The summed E-state index contributed by atoms with van der Waals surface area (Å²) >= 11 is 0. The summed E-state index contributed by atoms with van der Waals surface area (Å²) in [6.07, 6.45) is 1.53. The number of benzene rings is 4. The van der Waals surface area contributed by atoms with Crippen molar-refractivity contribution in [2.45, 2.75) is 23.3 Å². The van der Waals surface area contributed by atoms with E-state index in [9.17, 15) is 8.42 Å². The van der Waals surface area contributed by atoms with E-state index in [4.69, 9.17) is 14.0 Å². The highest BCUT2D eigenvalue weighted by Gasteiger charge is 2.37. The van der Waals surface area contributed by atoms with Crippen molar-refractivity contribution >= 4 is 10.1 Å². The highest BCUT2D eigenvalue weighted by molar-refractivity contribution is 7.85. The van der Waals surface area contributed by atoms with Gasteiger partial charge in [0.1, 0.15) is 5.60 Å². The zero-order chi connectivity index (χ0) is 25.3. The third kappa shape index (κ3) is 6.28. The Kier molecular flexibility index (Phi) is 8.67. The average Bonchev–Trinajstić information content (AvgIpc) is 2.92. The smallest absolute Gasteiger partial charge is 0.294 e. The molecule has 0 aromatic heterocycles.